The van der Waals surface area contributed by atoms with Crippen LogP contribution in [-0.2, 0) is 11.2 Å². The fourth-order valence-corrected chi connectivity index (χ4v) is 7.27. The molecule has 0 amide bonds. The lowest BCUT2D eigenvalue weighted by Crippen LogP contribution is -2.66. The van der Waals surface area contributed by atoms with Crippen LogP contribution in [0.1, 0.15) is 89.5 Å². The van der Waals surface area contributed by atoms with E-state index in [4.69, 9.17) is 5.11 Å². The maximum Gasteiger partial charge on any atom is 0.303 e. The lowest BCUT2D eigenvalue weighted by molar-refractivity contribution is -0.967. The van der Waals surface area contributed by atoms with E-state index in [1.165, 1.54) is 81.7 Å². The molecule has 1 aromatic carbocycles. The second kappa shape index (κ2) is 10.6. The number of aliphatic carboxylic acids is 1. The van der Waals surface area contributed by atoms with Crippen molar-refractivity contribution in [2.45, 2.75) is 109 Å². The molecule has 1 saturated carbocycles. The maximum atomic E-state index is 11.1. The number of carboxylic acids is 1. The molecular weight excluding hydrogens is 396 g/mol. The van der Waals surface area contributed by atoms with Crippen molar-refractivity contribution in [3.05, 3.63) is 29.8 Å². The molecular formula is C28H45N2O2+. The Hall–Kier alpha value is -1.55. The smallest absolute Gasteiger partial charge is 0.303 e. The van der Waals surface area contributed by atoms with Crippen LogP contribution >= 0.6 is 0 Å². The molecule has 2 N–H and O–H groups in total. The lowest BCUT2D eigenvalue weighted by atomic mass is 9.76. The Morgan fingerprint density at radius 3 is 2.44 bits per heavy atom. The van der Waals surface area contributed by atoms with E-state index in [0.717, 1.165) is 35.2 Å². The molecule has 2 saturated heterocycles. The number of carboxylic acid groups (broad SMARTS) is 1. The van der Waals surface area contributed by atoms with E-state index in [2.05, 4.69) is 37.5 Å². The summed E-state index contributed by atoms with van der Waals surface area (Å²) in [7, 11) is 2.58. The first-order valence-corrected chi connectivity index (χ1v) is 13.4. The van der Waals surface area contributed by atoms with Crippen molar-refractivity contribution in [2.75, 3.05) is 18.9 Å². The fraction of sp³-hybridized carbons (Fsp3) is 0.750. The summed E-state index contributed by atoms with van der Waals surface area (Å²) in [5, 5.41) is 13.0. The largest absolute Gasteiger partial charge is 0.481 e. The van der Waals surface area contributed by atoms with E-state index in [9.17, 15) is 4.79 Å². The number of hydrogen-bond acceptors (Lipinski definition) is 2. The highest BCUT2D eigenvalue weighted by Crippen LogP contribution is 2.42. The minimum atomic E-state index is -0.719. The first kappa shape index (κ1) is 23.6. The number of aryl methyl sites for hydroxylation is 1. The normalized spacial score (nSPS) is 34.8. The van der Waals surface area contributed by atoms with Gasteiger partial charge in [0.15, 0.2) is 0 Å². The van der Waals surface area contributed by atoms with Crippen LogP contribution in [0, 0.1) is 11.8 Å². The molecule has 32 heavy (non-hydrogen) atoms. The number of benzene rings is 1. The summed E-state index contributed by atoms with van der Waals surface area (Å²) in [4.78, 5) is 11.1. The third kappa shape index (κ3) is 5.50. The monoisotopic (exact) mass is 441 g/mol. The Bertz CT molecular complexity index is 750. The van der Waals surface area contributed by atoms with Crippen LogP contribution in [0.15, 0.2) is 24.3 Å². The van der Waals surface area contributed by atoms with Gasteiger partial charge in [0.2, 0.25) is 0 Å². The average Bonchev–Trinajstić information content (AvgIpc) is 2.78. The van der Waals surface area contributed by atoms with Crippen LogP contribution < -0.4 is 5.32 Å². The summed E-state index contributed by atoms with van der Waals surface area (Å²) in [6, 6.07) is 10.4. The van der Waals surface area contributed by atoms with Gasteiger partial charge in [0.05, 0.1) is 25.7 Å². The van der Waals surface area contributed by atoms with Crippen molar-refractivity contribution in [3.8, 4) is 0 Å². The number of para-hydroxylation sites is 1. The molecule has 0 radical (unpaired) electrons. The molecule has 2 heterocycles. The second-order valence-electron chi connectivity index (χ2n) is 11.3. The number of quaternary nitrogens is 1. The molecule has 1 aromatic rings. The third-order valence-corrected chi connectivity index (χ3v) is 9.33. The maximum absolute atomic E-state index is 11.1. The number of anilines is 1. The molecule has 3 aliphatic rings. The molecule has 178 valence electrons. The van der Waals surface area contributed by atoms with Crippen LogP contribution in [0.4, 0.5) is 5.69 Å². The topological polar surface area (TPSA) is 49.3 Å². The van der Waals surface area contributed by atoms with Crippen molar-refractivity contribution in [3.63, 3.8) is 0 Å². The first-order valence-electron chi connectivity index (χ1n) is 13.4. The molecule has 4 nitrogen and oxygen atoms in total. The molecule has 4 atom stereocenters. The van der Waals surface area contributed by atoms with Gasteiger partial charge in [-0.05, 0) is 62.0 Å². The number of fused-ring (bicyclic) bond motifs is 2. The summed E-state index contributed by atoms with van der Waals surface area (Å²) in [6.07, 6.45) is 16.1. The van der Waals surface area contributed by atoms with Crippen LogP contribution in [0.5, 0.6) is 0 Å². The molecule has 1 aliphatic carbocycles. The number of carbonyl (C=O) groups is 1. The van der Waals surface area contributed by atoms with Gasteiger partial charge < -0.3 is 14.9 Å². The molecule has 0 spiro atoms. The molecule has 3 fully saturated rings. The van der Waals surface area contributed by atoms with Gasteiger partial charge in [-0.1, -0.05) is 50.8 Å². The third-order valence-electron chi connectivity index (χ3n) is 9.33. The Kier molecular flexibility index (Phi) is 7.81. The van der Waals surface area contributed by atoms with Crippen LogP contribution in [-0.4, -0.2) is 47.3 Å². The number of nitrogens with one attached hydrogen (secondary N) is 1. The van der Waals surface area contributed by atoms with E-state index in [1.807, 2.05) is 6.07 Å². The second-order valence-corrected chi connectivity index (χ2v) is 11.3. The summed E-state index contributed by atoms with van der Waals surface area (Å²) >= 11 is 0. The van der Waals surface area contributed by atoms with E-state index in [1.54, 1.807) is 0 Å². The highest BCUT2D eigenvalue weighted by molar-refractivity contribution is 5.67. The van der Waals surface area contributed by atoms with Crippen molar-refractivity contribution in [1.82, 2.24) is 0 Å². The number of piperidine rings is 2. The predicted octanol–water partition coefficient (Wildman–Crippen LogP) is 6.25. The number of nitrogens with zero attached hydrogens (tertiary/aromatic N) is 1. The number of rotatable bonds is 9. The number of hydrogen-bond donors (Lipinski definition) is 2. The van der Waals surface area contributed by atoms with Crippen molar-refractivity contribution >= 4 is 11.7 Å². The van der Waals surface area contributed by atoms with E-state index >= 15 is 0 Å². The van der Waals surface area contributed by atoms with Gasteiger partial charge in [-0.25, -0.2) is 0 Å². The van der Waals surface area contributed by atoms with Gasteiger partial charge in [0.1, 0.15) is 0 Å². The highest BCUT2D eigenvalue weighted by atomic mass is 16.4. The van der Waals surface area contributed by atoms with Crippen molar-refractivity contribution in [1.29, 1.82) is 0 Å². The standard InChI is InChI=1S/C28H44N2O2/c1-3-21-8-6-9-22(18-21)16-17-30(2)25-11-7-12-26(30)20-24(19-25)29-27-13-5-4-10-23(27)14-15-28(31)32/h4-5,10,13,21-22,24-26,29H,3,6-9,11-12,14-20H2,1-2H3/p+1. The van der Waals surface area contributed by atoms with Crippen LogP contribution in [0.2, 0.25) is 0 Å². The fourth-order valence-electron chi connectivity index (χ4n) is 7.27. The highest BCUT2D eigenvalue weighted by Gasteiger charge is 2.48. The average molecular weight is 442 g/mol. The van der Waals surface area contributed by atoms with Crippen LogP contribution in [0.3, 0.4) is 0 Å². The molecule has 2 bridgehead atoms. The summed E-state index contributed by atoms with van der Waals surface area (Å²) in [5.41, 5.74) is 2.30. The molecule has 4 rings (SSSR count). The van der Waals surface area contributed by atoms with Gasteiger partial charge in [-0.2, -0.15) is 0 Å². The summed E-state index contributed by atoms with van der Waals surface area (Å²) in [6.45, 7) is 3.75. The first-order chi connectivity index (χ1) is 15.5. The molecule has 4 unspecified atom stereocenters. The minimum absolute atomic E-state index is 0.198. The van der Waals surface area contributed by atoms with Crippen molar-refractivity contribution in [2.24, 2.45) is 11.8 Å². The molecule has 2 aliphatic heterocycles. The molecule has 0 aromatic heterocycles. The zero-order chi connectivity index (χ0) is 22.6. The Morgan fingerprint density at radius 1 is 1.03 bits per heavy atom. The Labute approximate surface area is 195 Å². The Morgan fingerprint density at radius 2 is 1.72 bits per heavy atom. The van der Waals surface area contributed by atoms with Gasteiger partial charge in [-0.3, -0.25) is 4.79 Å². The predicted molar refractivity (Wildman–Crippen MR) is 132 cm³/mol. The Balaban J connectivity index is 1.38. The van der Waals surface area contributed by atoms with Crippen LogP contribution in [0.25, 0.3) is 0 Å². The van der Waals surface area contributed by atoms with Gasteiger partial charge >= 0.3 is 5.97 Å². The zero-order valence-corrected chi connectivity index (χ0v) is 20.4. The van der Waals surface area contributed by atoms with Gasteiger partial charge in [-0.15, -0.1) is 0 Å². The summed E-state index contributed by atoms with van der Waals surface area (Å²) in [5.74, 6) is 1.22. The summed E-state index contributed by atoms with van der Waals surface area (Å²) < 4.78 is 1.31. The van der Waals surface area contributed by atoms with Gasteiger partial charge in [0.25, 0.3) is 0 Å². The lowest BCUT2D eigenvalue weighted by Gasteiger charge is -2.56. The van der Waals surface area contributed by atoms with Gasteiger partial charge in [0, 0.05) is 31.0 Å². The molecule has 4 heteroatoms. The van der Waals surface area contributed by atoms with E-state index in [-0.39, 0.29) is 6.42 Å². The van der Waals surface area contributed by atoms with E-state index < -0.39 is 5.97 Å². The minimum Gasteiger partial charge on any atom is -0.481 e. The zero-order valence-electron chi connectivity index (χ0n) is 20.4. The quantitative estimate of drug-likeness (QED) is 0.445. The van der Waals surface area contributed by atoms with E-state index in [0.29, 0.717) is 12.5 Å². The SMILES string of the molecule is CCC1CCCC(CC[N+]2(C)C3CCCC2CC(Nc2ccccc2CCC(=O)O)C3)C1. The van der Waals surface area contributed by atoms with Crippen molar-refractivity contribution < 1.29 is 14.4 Å².